The Morgan fingerprint density at radius 2 is 1.83 bits per heavy atom. The summed E-state index contributed by atoms with van der Waals surface area (Å²) in [6.45, 7) is 4.83. The van der Waals surface area contributed by atoms with Crippen LogP contribution < -0.4 is 9.47 Å². The highest BCUT2D eigenvalue weighted by molar-refractivity contribution is 5.84. The van der Waals surface area contributed by atoms with Crippen LogP contribution in [0.3, 0.4) is 0 Å². The molecule has 18 heavy (non-hydrogen) atoms. The van der Waals surface area contributed by atoms with Gasteiger partial charge in [-0.3, -0.25) is 4.79 Å². The molecule has 3 heteroatoms. The molecule has 0 bridgehead atoms. The monoisotopic (exact) mass is 248 g/mol. The number of carbonyl (C=O) groups excluding carboxylic acids is 1. The fraction of sp³-hybridized carbons (Fsp3) is 0.533. The number of benzene rings is 1. The van der Waals surface area contributed by atoms with Gasteiger partial charge in [-0.1, -0.05) is 12.1 Å². The summed E-state index contributed by atoms with van der Waals surface area (Å²) in [5, 5.41) is 0. The molecule has 3 nitrogen and oxygen atoms in total. The number of para-hydroxylation sites is 2. The molecule has 1 saturated carbocycles. The normalized spacial score (nSPS) is 16.1. The fourth-order valence-electron chi connectivity index (χ4n) is 2.13. The van der Waals surface area contributed by atoms with Gasteiger partial charge in [0.1, 0.15) is 5.78 Å². The van der Waals surface area contributed by atoms with Gasteiger partial charge in [-0.2, -0.15) is 0 Å². The second kappa shape index (κ2) is 5.42. The quantitative estimate of drug-likeness (QED) is 0.743. The van der Waals surface area contributed by atoms with Crippen molar-refractivity contribution in [3.05, 3.63) is 24.3 Å². The topological polar surface area (TPSA) is 35.5 Å². The minimum absolute atomic E-state index is 0.0828. The molecule has 2 rings (SSSR count). The predicted molar refractivity (Wildman–Crippen MR) is 70.1 cm³/mol. The summed E-state index contributed by atoms with van der Waals surface area (Å²) >= 11 is 0. The first-order valence-corrected chi connectivity index (χ1v) is 6.53. The van der Waals surface area contributed by atoms with Crippen molar-refractivity contribution in [3.63, 3.8) is 0 Å². The van der Waals surface area contributed by atoms with E-state index in [1.807, 2.05) is 31.2 Å². The number of rotatable bonds is 7. The third-order valence-electron chi connectivity index (χ3n) is 3.59. The van der Waals surface area contributed by atoms with Crippen LogP contribution in [-0.2, 0) is 4.79 Å². The van der Waals surface area contributed by atoms with Gasteiger partial charge in [0.25, 0.3) is 0 Å². The molecule has 1 aromatic carbocycles. The molecule has 0 radical (unpaired) electrons. The Morgan fingerprint density at radius 1 is 1.22 bits per heavy atom. The predicted octanol–water partition coefficient (Wildman–Crippen LogP) is 3.22. The summed E-state index contributed by atoms with van der Waals surface area (Å²) in [7, 11) is 0. The summed E-state index contributed by atoms with van der Waals surface area (Å²) in [6, 6.07) is 7.65. The zero-order valence-electron chi connectivity index (χ0n) is 11.1. The summed E-state index contributed by atoms with van der Waals surface area (Å²) in [5.74, 6) is 1.83. The van der Waals surface area contributed by atoms with E-state index in [0.717, 1.165) is 30.8 Å². The van der Waals surface area contributed by atoms with Crippen LogP contribution in [0.5, 0.6) is 11.5 Å². The van der Waals surface area contributed by atoms with Crippen LogP contribution in [0, 0.1) is 5.41 Å². The number of hydrogen-bond donors (Lipinski definition) is 0. The van der Waals surface area contributed by atoms with Gasteiger partial charge in [-0.15, -0.1) is 0 Å². The molecule has 0 saturated heterocycles. The third-order valence-corrected chi connectivity index (χ3v) is 3.59. The highest BCUT2D eigenvalue weighted by Gasteiger charge is 2.46. The Labute approximate surface area is 108 Å². The van der Waals surface area contributed by atoms with Crippen LogP contribution >= 0.6 is 0 Å². The van der Waals surface area contributed by atoms with E-state index < -0.39 is 0 Å². The highest BCUT2D eigenvalue weighted by Crippen LogP contribution is 2.49. The van der Waals surface area contributed by atoms with Gasteiger partial charge in [-0.25, -0.2) is 0 Å². The number of ether oxygens (including phenoxy) is 2. The molecular weight excluding hydrogens is 228 g/mol. The van der Waals surface area contributed by atoms with Crippen LogP contribution in [0.2, 0.25) is 0 Å². The second-order valence-corrected chi connectivity index (χ2v) is 4.81. The van der Waals surface area contributed by atoms with Gasteiger partial charge >= 0.3 is 0 Å². The van der Waals surface area contributed by atoms with Gasteiger partial charge in [0.2, 0.25) is 0 Å². The van der Waals surface area contributed by atoms with Crippen molar-refractivity contribution in [2.75, 3.05) is 13.2 Å². The maximum Gasteiger partial charge on any atom is 0.161 e. The van der Waals surface area contributed by atoms with Crippen molar-refractivity contribution in [1.82, 2.24) is 0 Å². The van der Waals surface area contributed by atoms with E-state index in [0.29, 0.717) is 19.0 Å². The SMILES string of the molecule is CCOc1ccccc1OCCC1(C(C)=O)CC1. The molecule has 0 unspecified atom stereocenters. The molecule has 0 aliphatic heterocycles. The van der Waals surface area contributed by atoms with E-state index in [1.54, 1.807) is 6.92 Å². The highest BCUT2D eigenvalue weighted by atomic mass is 16.5. The standard InChI is InChI=1S/C15H20O3/c1-3-17-13-6-4-5-7-14(13)18-11-10-15(8-9-15)12(2)16/h4-7H,3,8-11H2,1-2H3. The average Bonchev–Trinajstić information content (AvgIpc) is 3.13. The number of hydrogen-bond acceptors (Lipinski definition) is 3. The van der Waals surface area contributed by atoms with Crippen LogP contribution in [-0.4, -0.2) is 19.0 Å². The second-order valence-electron chi connectivity index (χ2n) is 4.81. The van der Waals surface area contributed by atoms with Gasteiger partial charge in [0, 0.05) is 5.41 Å². The van der Waals surface area contributed by atoms with Gasteiger partial charge in [0.15, 0.2) is 11.5 Å². The van der Waals surface area contributed by atoms with E-state index in [-0.39, 0.29) is 5.41 Å². The van der Waals surface area contributed by atoms with E-state index in [4.69, 9.17) is 9.47 Å². The first-order chi connectivity index (χ1) is 8.68. The molecule has 0 N–H and O–H groups in total. The Bertz CT molecular complexity index is 422. The average molecular weight is 248 g/mol. The smallest absolute Gasteiger partial charge is 0.161 e. The van der Waals surface area contributed by atoms with Gasteiger partial charge < -0.3 is 9.47 Å². The van der Waals surface area contributed by atoms with E-state index >= 15 is 0 Å². The molecule has 1 aromatic rings. The molecule has 0 heterocycles. The summed E-state index contributed by atoms with van der Waals surface area (Å²) in [6.07, 6.45) is 2.83. The van der Waals surface area contributed by atoms with E-state index in [2.05, 4.69) is 0 Å². The van der Waals surface area contributed by atoms with Gasteiger partial charge in [0.05, 0.1) is 13.2 Å². The molecule has 1 aliphatic rings. The van der Waals surface area contributed by atoms with Crippen LogP contribution in [0.4, 0.5) is 0 Å². The molecule has 0 atom stereocenters. The number of carbonyl (C=O) groups is 1. The Balaban J connectivity index is 1.88. The minimum atomic E-state index is -0.0828. The number of Topliss-reactive ketones (excluding diaryl/α,β-unsaturated/α-hetero) is 1. The minimum Gasteiger partial charge on any atom is -0.490 e. The van der Waals surface area contributed by atoms with Crippen LogP contribution in [0.15, 0.2) is 24.3 Å². The van der Waals surface area contributed by atoms with Crippen molar-refractivity contribution < 1.29 is 14.3 Å². The van der Waals surface area contributed by atoms with Crippen molar-refractivity contribution in [2.45, 2.75) is 33.1 Å². The maximum atomic E-state index is 11.5. The first-order valence-electron chi connectivity index (χ1n) is 6.53. The maximum absolute atomic E-state index is 11.5. The molecule has 98 valence electrons. The lowest BCUT2D eigenvalue weighted by molar-refractivity contribution is -0.122. The Morgan fingerprint density at radius 3 is 2.33 bits per heavy atom. The lowest BCUT2D eigenvalue weighted by Gasteiger charge is -2.14. The van der Waals surface area contributed by atoms with E-state index in [9.17, 15) is 4.79 Å². The van der Waals surface area contributed by atoms with E-state index in [1.165, 1.54) is 0 Å². The zero-order valence-corrected chi connectivity index (χ0v) is 11.1. The fourth-order valence-corrected chi connectivity index (χ4v) is 2.13. The van der Waals surface area contributed by atoms with Crippen molar-refractivity contribution in [1.29, 1.82) is 0 Å². The summed E-state index contributed by atoms with van der Waals surface area (Å²) in [5.41, 5.74) is -0.0828. The Hall–Kier alpha value is -1.51. The van der Waals surface area contributed by atoms with Crippen LogP contribution in [0.1, 0.15) is 33.1 Å². The molecular formula is C15H20O3. The van der Waals surface area contributed by atoms with Crippen molar-refractivity contribution >= 4 is 5.78 Å². The molecule has 0 aromatic heterocycles. The lowest BCUT2D eigenvalue weighted by atomic mass is 9.99. The first kappa shape index (κ1) is 12.9. The van der Waals surface area contributed by atoms with Gasteiger partial charge in [-0.05, 0) is 45.2 Å². The summed E-state index contributed by atoms with van der Waals surface area (Å²) < 4.78 is 11.2. The third kappa shape index (κ3) is 2.84. The lowest BCUT2D eigenvalue weighted by Crippen LogP contribution is -2.15. The zero-order chi connectivity index (χ0) is 13.0. The van der Waals surface area contributed by atoms with Crippen LogP contribution in [0.25, 0.3) is 0 Å². The Kier molecular flexibility index (Phi) is 3.90. The molecule has 1 fully saturated rings. The molecule has 1 aliphatic carbocycles. The van der Waals surface area contributed by atoms with Crippen molar-refractivity contribution in [3.8, 4) is 11.5 Å². The summed E-state index contributed by atoms with van der Waals surface area (Å²) in [4.78, 5) is 11.5. The number of ketones is 1. The van der Waals surface area contributed by atoms with Crippen molar-refractivity contribution in [2.24, 2.45) is 5.41 Å². The largest absolute Gasteiger partial charge is 0.490 e. The molecule has 0 spiro atoms. The molecule has 0 amide bonds.